The Morgan fingerprint density at radius 2 is 2.28 bits per heavy atom. The molecule has 2 heterocycles. The highest BCUT2D eigenvalue weighted by atomic mass is 32.9. The first-order valence-corrected chi connectivity index (χ1v) is 11.3. The molecule has 2 aliphatic rings. The van der Waals surface area contributed by atoms with Crippen molar-refractivity contribution in [1.29, 1.82) is 5.26 Å². The van der Waals surface area contributed by atoms with Crippen LogP contribution in [0.15, 0.2) is 16.0 Å². The van der Waals surface area contributed by atoms with Crippen LogP contribution in [0.3, 0.4) is 0 Å². The van der Waals surface area contributed by atoms with Crippen molar-refractivity contribution in [3.05, 3.63) is 11.3 Å². The molecule has 0 amide bonds. The van der Waals surface area contributed by atoms with E-state index in [0.29, 0.717) is 0 Å². The van der Waals surface area contributed by atoms with Gasteiger partial charge in [-0.3, -0.25) is 0 Å². The van der Waals surface area contributed by atoms with E-state index < -0.39 is 5.54 Å². The van der Waals surface area contributed by atoms with Crippen LogP contribution in [0, 0.1) is 11.3 Å². The summed E-state index contributed by atoms with van der Waals surface area (Å²) in [4.78, 5) is 0. The lowest BCUT2D eigenvalue weighted by molar-refractivity contribution is 0.640. The highest BCUT2D eigenvalue weighted by Gasteiger charge is 2.38. The Bertz CT molecular complexity index is 492. The SMILES string of the molecule is CCSC1=NP(=S)(SCC)N2CCCC2=C1C#N. The van der Waals surface area contributed by atoms with Crippen molar-refractivity contribution < 1.29 is 0 Å². The summed E-state index contributed by atoms with van der Waals surface area (Å²) in [6, 6.07) is 2.34. The number of rotatable bonds is 3. The van der Waals surface area contributed by atoms with Gasteiger partial charge in [0.1, 0.15) is 16.7 Å². The Hall–Kier alpha value is 0.0500. The zero-order chi connectivity index (χ0) is 13.2. The van der Waals surface area contributed by atoms with Crippen LogP contribution in [-0.4, -0.2) is 27.8 Å². The minimum absolute atomic E-state index is 0.775. The van der Waals surface area contributed by atoms with Crippen molar-refractivity contribution in [3.63, 3.8) is 0 Å². The van der Waals surface area contributed by atoms with Crippen molar-refractivity contribution in [2.75, 3.05) is 18.1 Å². The predicted molar refractivity (Wildman–Crippen MR) is 86.6 cm³/mol. The Labute approximate surface area is 122 Å². The molecule has 7 heteroatoms. The molecule has 0 bridgehead atoms. The molecule has 18 heavy (non-hydrogen) atoms. The van der Waals surface area contributed by atoms with Gasteiger partial charge in [-0.05, 0) is 36.2 Å². The molecule has 1 unspecified atom stereocenters. The van der Waals surface area contributed by atoms with Gasteiger partial charge in [0.15, 0.2) is 5.54 Å². The van der Waals surface area contributed by atoms with Crippen LogP contribution in [0.2, 0.25) is 0 Å². The number of nitrogens with zero attached hydrogens (tertiary/aromatic N) is 3. The first-order chi connectivity index (χ1) is 8.66. The normalized spacial score (nSPS) is 26.9. The summed E-state index contributed by atoms with van der Waals surface area (Å²) >= 11 is 9.27. The summed E-state index contributed by atoms with van der Waals surface area (Å²) in [5, 5.41) is 10.3. The number of fused-ring (bicyclic) bond motifs is 1. The Morgan fingerprint density at radius 3 is 2.89 bits per heavy atom. The second kappa shape index (κ2) is 6.00. The third-order valence-electron chi connectivity index (χ3n) is 2.81. The molecule has 0 aromatic heterocycles. The summed E-state index contributed by atoms with van der Waals surface area (Å²) < 4.78 is 7.06. The number of hydrogen-bond acceptors (Lipinski definition) is 4. The molecule has 98 valence electrons. The third kappa shape index (κ3) is 2.51. The molecule has 1 fully saturated rings. The van der Waals surface area contributed by atoms with E-state index in [0.717, 1.165) is 47.2 Å². The molecular formula is C11H16N3PS3. The number of thioether (sulfide) groups is 1. The lowest BCUT2D eigenvalue weighted by Crippen LogP contribution is -2.20. The first kappa shape index (κ1) is 14.5. The maximum atomic E-state index is 9.38. The molecule has 2 aliphatic heterocycles. The maximum absolute atomic E-state index is 9.38. The fraction of sp³-hybridized carbons (Fsp3) is 0.636. The van der Waals surface area contributed by atoms with Crippen molar-refractivity contribution in [2.45, 2.75) is 26.7 Å². The monoisotopic (exact) mass is 317 g/mol. The molecule has 0 aromatic carbocycles. The van der Waals surface area contributed by atoms with Gasteiger partial charge < -0.3 is 4.67 Å². The van der Waals surface area contributed by atoms with Gasteiger partial charge in [0.25, 0.3) is 0 Å². The summed E-state index contributed by atoms with van der Waals surface area (Å²) in [6.07, 6.45) is 2.08. The molecule has 0 aliphatic carbocycles. The van der Waals surface area contributed by atoms with Crippen molar-refractivity contribution in [1.82, 2.24) is 4.67 Å². The van der Waals surface area contributed by atoms with E-state index in [2.05, 4.69) is 24.6 Å². The highest BCUT2D eigenvalue weighted by Crippen LogP contribution is 2.68. The smallest absolute Gasteiger partial charge is 0.199 e. The van der Waals surface area contributed by atoms with Crippen LogP contribution in [0.1, 0.15) is 26.7 Å². The van der Waals surface area contributed by atoms with Crippen molar-refractivity contribution in [3.8, 4) is 6.07 Å². The van der Waals surface area contributed by atoms with Crippen LogP contribution >= 0.6 is 28.7 Å². The molecule has 3 nitrogen and oxygen atoms in total. The Balaban J connectivity index is 2.48. The lowest BCUT2D eigenvalue weighted by atomic mass is 10.2. The van der Waals surface area contributed by atoms with Crippen molar-refractivity contribution in [2.24, 2.45) is 4.76 Å². The van der Waals surface area contributed by atoms with E-state index in [-0.39, 0.29) is 0 Å². The van der Waals surface area contributed by atoms with Crippen LogP contribution in [0.5, 0.6) is 0 Å². The second-order valence-electron chi connectivity index (χ2n) is 3.91. The summed E-state index contributed by atoms with van der Waals surface area (Å²) in [5.41, 5.74) is 0.0224. The first-order valence-electron chi connectivity index (χ1n) is 6.05. The number of allylic oxidation sites excluding steroid dienone is 1. The molecule has 0 saturated carbocycles. The molecule has 1 saturated heterocycles. The van der Waals surface area contributed by atoms with Gasteiger partial charge in [-0.1, -0.05) is 25.2 Å². The van der Waals surface area contributed by atoms with E-state index >= 15 is 0 Å². The largest absolute Gasteiger partial charge is 0.321 e. The molecule has 0 N–H and O–H groups in total. The van der Waals surface area contributed by atoms with Crippen LogP contribution in [0.25, 0.3) is 0 Å². The van der Waals surface area contributed by atoms with Gasteiger partial charge in [-0.15, -0.1) is 11.8 Å². The van der Waals surface area contributed by atoms with Gasteiger partial charge in [0, 0.05) is 12.2 Å². The molecule has 2 rings (SSSR count). The van der Waals surface area contributed by atoms with Gasteiger partial charge in [0.05, 0.1) is 0 Å². The zero-order valence-corrected chi connectivity index (χ0v) is 13.9. The van der Waals surface area contributed by atoms with E-state index in [1.54, 1.807) is 23.1 Å². The third-order valence-corrected chi connectivity index (χ3v) is 10.3. The summed E-state index contributed by atoms with van der Waals surface area (Å²) in [7, 11) is 0. The lowest BCUT2D eigenvalue weighted by Gasteiger charge is -2.34. The highest BCUT2D eigenvalue weighted by molar-refractivity contribution is 8.69. The van der Waals surface area contributed by atoms with Crippen LogP contribution in [0.4, 0.5) is 0 Å². The molecule has 0 aromatic rings. The second-order valence-corrected chi connectivity index (χ2v) is 12.2. The maximum Gasteiger partial charge on any atom is 0.199 e. The molecule has 1 atom stereocenters. The molecule has 0 spiro atoms. The standard InChI is InChI=1S/C11H16N3PS3/c1-3-17-11-9(8-12)10-6-5-7-14(10)15(16,13-11)18-4-2/h3-7H2,1-2H3. The minimum Gasteiger partial charge on any atom is -0.321 e. The zero-order valence-electron chi connectivity index (χ0n) is 10.5. The van der Waals surface area contributed by atoms with Crippen LogP contribution < -0.4 is 0 Å². The van der Waals surface area contributed by atoms with Crippen molar-refractivity contribution >= 4 is 45.5 Å². The molecular weight excluding hydrogens is 301 g/mol. The fourth-order valence-corrected chi connectivity index (χ4v) is 9.62. The van der Waals surface area contributed by atoms with Gasteiger partial charge in [-0.2, -0.15) is 5.26 Å². The van der Waals surface area contributed by atoms with Gasteiger partial charge in [0.2, 0.25) is 0 Å². The summed E-state index contributed by atoms with van der Waals surface area (Å²) in [5.74, 6) is 1.92. The predicted octanol–water partition coefficient (Wildman–Crippen LogP) is 4.00. The van der Waals surface area contributed by atoms with E-state index in [1.807, 2.05) is 0 Å². The number of nitriles is 1. The Kier molecular flexibility index (Phi) is 4.82. The fourth-order valence-electron chi connectivity index (χ4n) is 2.15. The van der Waals surface area contributed by atoms with Gasteiger partial charge >= 0.3 is 0 Å². The average Bonchev–Trinajstić information content (AvgIpc) is 2.80. The number of hydrogen-bond donors (Lipinski definition) is 0. The minimum atomic E-state index is -1.91. The summed E-state index contributed by atoms with van der Waals surface area (Å²) in [6.45, 7) is 5.18. The van der Waals surface area contributed by atoms with E-state index in [9.17, 15) is 5.26 Å². The molecule has 0 radical (unpaired) electrons. The quantitative estimate of drug-likeness (QED) is 0.736. The average molecular weight is 317 g/mol. The van der Waals surface area contributed by atoms with E-state index in [4.69, 9.17) is 16.6 Å². The van der Waals surface area contributed by atoms with Crippen LogP contribution in [-0.2, 0) is 11.8 Å². The van der Waals surface area contributed by atoms with E-state index in [1.165, 1.54) is 0 Å². The Morgan fingerprint density at radius 1 is 1.50 bits per heavy atom. The van der Waals surface area contributed by atoms with Gasteiger partial charge in [-0.25, -0.2) is 4.76 Å². The topological polar surface area (TPSA) is 39.4 Å².